The molecule has 178 valence electrons. The number of carbonyl (C=O) groups is 1. The quantitative estimate of drug-likeness (QED) is 0.226. The van der Waals surface area contributed by atoms with Crippen molar-refractivity contribution in [3.63, 3.8) is 0 Å². The summed E-state index contributed by atoms with van der Waals surface area (Å²) in [4.78, 5) is 30.2. The summed E-state index contributed by atoms with van der Waals surface area (Å²) in [5.74, 6) is 0. The van der Waals surface area contributed by atoms with E-state index in [1.54, 1.807) is 0 Å². The fourth-order valence-electron chi connectivity index (χ4n) is 2.64. The van der Waals surface area contributed by atoms with E-state index in [9.17, 15) is 64.5 Å². The van der Waals surface area contributed by atoms with Crippen molar-refractivity contribution in [2.24, 2.45) is 0 Å². The highest BCUT2D eigenvalue weighted by Gasteiger charge is 2.43. The van der Waals surface area contributed by atoms with Crippen LogP contribution in [0.4, 0.5) is 62.3 Å². The Morgan fingerprint density at radius 3 is 1.55 bits per heavy atom. The summed E-state index contributed by atoms with van der Waals surface area (Å²) in [7, 11) is 0. The van der Waals surface area contributed by atoms with Gasteiger partial charge in [-0.1, -0.05) is 0 Å². The number of benzene rings is 2. The Hall–Kier alpha value is -3.92. The number of anilines is 2. The lowest BCUT2D eigenvalue weighted by atomic mass is 10.0. The molecule has 0 aliphatic carbocycles. The van der Waals surface area contributed by atoms with Gasteiger partial charge in [0.25, 0.3) is 5.69 Å². The second-order valence-corrected chi connectivity index (χ2v) is 6.11. The van der Waals surface area contributed by atoms with Gasteiger partial charge in [0.1, 0.15) is 5.69 Å². The van der Waals surface area contributed by atoms with Crippen LogP contribution in [0.5, 0.6) is 0 Å². The Balaban J connectivity index is 3.00. The van der Waals surface area contributed by atoms with Crippen molar-refractivity contribution in [3.05, 3.63) is 67.3 Å². The predicted molar refractivity (Wildman–Crippen MR) is 89.4 cm³/mol. The summed E-state index contributed by atoms with van der Waals surface area (Å²) in [5, 5.41) is 22.2. The van der Waals surface area contributed by atoms with Crippen molar-refractivity contribution in [2.45, 2.75) is 18.5 Å². The molecule has 33 heavy (non-hydrogen) atoms. The maximum Gasteiger partial charge on any atom is 0.418 e. The molecule has 2 rings (SSSR count). The van der Waals surface area contributed by atoms with Gasteiger partial charge in [-0.25, -0.2) is 0 Å². The average Bonchev–Trinajstić information content (AvgIpc) is 2.65. The zero-order valence-corrected chi connectivity index (χ0v) is 15.2. The second-order valence-electron chi connectivity index (χ2n) is 6.11. The number of carbonyl (C=O) groups excluding carboxylic acids is 1. The Morgan fingerprint density at radius 2 is 1.21 bits per heavy atom. The number of alkyl halides is 9. The van der Waals surface area contributed by atoms with Crippen LogP contribution < -0.4 is 4.90 Å². The lowest BCUT2D eigenvalue weighted by molar-refractivity contribution is -0.394. The van der Waals surface area contributed by atoms with Crippen LogP contribution in [0.15, 0.2) is 30.3 Å². The lowest BCUT2D eigenvalue weighted by Crippen LogP contribution is -2.22. The van der Waals surface area contributed by atoms with Gasteiger partial charge < -0.3 is 0 Å². The van der Waals surface area contributed by atoms with E-state index in [0.29, 0.717) is 0 Å². The number of nitrogens with zero attached hydrogens (tertiary/aromatic N) is 3. The molecule has 17 heteroatoms. The Morgan fingerprint density at radius 1 is 0.727 bits per heavy atom. The van der Waals surface area contributed by atoms with E-state index in [4.69, 9.17) is 0 Å². The van der Waals surface area contributed by atoms with Crippen molar-refractivity contribution in [1.82, 2.24) is 0 Å². The molecule has 0 saturated carbocycles. The van der Waals surface area contributed by atoms with Crippen LogP contribution in [0.3, 0.4) is 0 Å². The number of rotatable bonds is 5. The van der Waals surface area contributed by atoms with E-state index in [2.05, 4.69) is 0 Å². The molecule has 0 heterocycles. The highest BCUT2D eigenvalue weighted by molar-refractivity contribution is 5.93. The second kappa shape index (κ2) is 8.21. The first kappa shape index (κ1) is 25.3. The first-order valence-electron chi connectivity index (χ1n) is 7.96. The highest BCUT2D eigenvalue weighted by Crippen LogP contribution is 2.47. The van der Waals surface area contributed by atoms with Gasteiger partial charge in [0.05, 0.1) is 38.3 Å². The molecule has 0 unspecified atom stereocenters. The molecule has 0 aromatic heterocycles. The predicted octanol–water partition coefficient (Wildman–Crippen LogP) is 5.85. The molecule has 0 bridgehead atoms. The third-order valence-corrected chi connectivity index (χ3v) is 3.98. The third-order valence-electron chi connectivity index (χ3n) is 3.98. The van der Waals surface area contributed by atoms with E-state index < -0.39 is 79.1 Å². The summed E-state index contributed by atoms with van der Waals surface area (Å²) in [6.07, 6.45) is -17.3. The average molecular weight is 491 g/mol. The van der Waals surface area contributed by atoms with Gasteiger partial charge in [-0.05, 0) is 18.2 Å². The van der Waals surface area contributed by atoms with Crippen LogP contribution in [0.2, 0.25) is 0 Å². The van der Waals surface area contributed by atoms with Crippen molar-refractivity contribution in [2.75, 3.05) is 4.90 Å². The first-order chi connectivity index (χ1) is 14.9. The fraction of sp³-hybridized carbons (Fsp3) is 0.188. The minimum atomic E-state index is -5.65. The Kier molecular flexibility index (Phi) is 6.30. The molecule has 0 spiro atoms. The van der Waals surface area contributed by atoms with Crippen molar-refractivity contribution < 1.29 is 54.2 Å². The SMILES string of the molecule is O=CN(c1cc(C(F)(F)F)cc(C(F)(F)F)c1)c1c([N+](=O)[O-])cc([N+](=O)[O-])cc1C(F)(F)F. The standard InChI is InChI=1S/C16H6F9N3O5/c17-14(18,19)7-1-8(15(20,21)22)3-9(2-7)26(6-29)13-11(16(23,24)25)4-10(27(30)31)5-12(13)28(32)33/h1-6H. The molecule has 0 saturated heterocycles. The van der Waals surface area contributed by atoms with E-state index in [0.717, 1.165) is 0 Å². The van der Waals surface area contributed by atoms with Gasteiger partial charge in [-0.2, -0.15) is 39.5 Å². The van der Waals surface area contributed by atoms with Gasteiger partial charge in [0, 0.05) is 6.07 Å². The van der Waals surface area contributed by atoms with E-state index in [1.165, 1.54) is 0 Å². The van der Waals surface area contributed by atoms with E-state index in [1.807, 2.05) is 0 Å². The third kappa shape index (κ3) is 5.29. The smallest absolute Gasteiger partial charge is 0.278 e. The lowest BCUT2D eigenvalue weighted by Gasteiger charge is -2.23. The van der Waals surface area contributed by atoms with Crippen LogP contribution >= 0.6 is 0 Å². The molecule has 2 aromatic rings. The van der Waals surface area contributed by atoms with Crippen LogP contribution in [-0.2, 0) is 23.3 Å². The van der Waals surface area contributed by atoms with Crippen molar-refractivity contribution in [1.29, 1.82) is 0 Å². The van der Waals surface area contributed by atoms with E-state index in [-0.39, 0.29) is 30.3 Å². The zero-order chi connectivity index (χ0) is 25.5. The van der Waals surface area contributed by atoms with Crippen LogP contribution in [0, 0.1) is 20.2 Å². The van der Waals surface area contributed by atoms with Gasteiger partial charge in [-0.15, -0.1) is 0 Å². The number of hydrogen-bond acceptors (Lipinski definition) is 5. The van der Waals surface area contributed by atoms with Gasteiger partial charge in [0.2, 0.25) is 6.41 Å². The molecule has 2 aromatic carbocycles. The monoisotopic (exact) mass is 491 g/mol. The maximum absolute atomic E-state index is 13.5. The minimum Gasteiger partial charge on any atom is -0.278 e. The number of halogens is 9. The Bertz CT molecular complexity index is 1090. The van der Waals surface area contributed by atoms with Crippen molar-refractivity contribution in [3.8, 4) is 0 Å². The van der Waals surface area contributed by atoms with Crippen molar-refractivity contribution >= 4 is 29.2 Å². The summed E-state index contributed by atoms with van der Waals surface area (Å²) in [6.45, 7) is 0. The summed E-state index contributed by atoms with van der Waals surface area (Å²) in [6, 6.07) is -0.957. The van der Waals surface area contributed by atoms with Gasteiger partial charge in [-0.3, -0.25) is 29.9 Å². The first-order valence-corrected chi connectivity index (χ1v) is 7.96. The topological polar surface area (TPSA) is 107 Å². The van der Waals surface area contributed by atoms with E-state index >= 15 is 0 Å². The number of nitro groups is 2. The molecular formula is C16H6F9N3O5. The highest BCUT2D eigenvalue weighted by atomic mass is 19.4. The van der Waals surface area contributed by atoms with Gasteiger partial charge in [0.15, 0.2) is 0 Å². The minimum absolute atomic E-state index is 0.0284. The summed E-state index contributed by atoms with van der Waals surface area (Å²) >= 11 is 0. The largest absolute Gasteiger partial charge is 0.418 e. The number of amides is 1. The number of hydrogen-bond donors (Lipinski definition) is 0. The van der Waals surface area contributed by atoms with Gasteiger partial charge >= 0.3 is 24.2 Å². The van der Waals surface area contributed by atoms with Crippen LogP contribution in [-0.4, -0.2) is 16.3 Å². The molecule has 0 N–H and O–H groups in total. The van der Waals surface area contributed by atoms with Crippen LogP contribution in [0.25, 0.3) is 0 Å². The molecule has 1 amide bonds. The number of non-ortho nitro benzene ring substituents is 1. The molecular weight excluding hydrogens is 485 g/mol. The van der Waals surface area contributed by atoms with Crippen LogP contribution in [0.1, 0.15) is 16.7 Å². The molecule has 0 aliphatic heterocycles. The maximum atomic E-state index is 13.5. The number of nitro benzene ring substituents is 2. The summed E-state index contributed by atoms with van der Waals surface area (Å²) in [5.41, 5.74) is -12.8. The zero-order valence-electron chi connectivity index (χ0n) is 15.2. The fourth-order valence-corrected chi connectivity index (χ4v) is 2.64. The molecule has 0 fully saturated rings. The summed E-state index contributed by atoms with van der Waals surface area (Å²) < 4.78 is 119. The molecule has 0 radical (unpaired) electrons. The Labute approximate surface area is 175 Å². The normalized spacial score (nSPS) is 12.4. The molecule has 0 atom stereocenters. The molecule has 8 nitrogen and oxygen atoms in total. The molecule has 0 aliphatic rings.